The molecule has 1 aromatic heterocycles. The maximum atomic E-state index is 13.4. The Kier molecular flexibility index (Phi) is 8.75. The number of likely N-dealkylation sites (N-methyl/N-ethyl adjacent to an activating group) is 1. The van der Waals surface area contributed by atoms with Crippen LogP contribution in [0.1, 0.15) is 85.6 Å². The Hall–Kier alpha value is -1.61. The molecule has 3 rings (SSSR count). The molecule has 0 spiro atoms. The standard InChI is InChI=1S/C21H27NOS.C4H10/c1-5-22-13-17(12-16-10-11-24-21(16)22)20(23)19(14(2)3)18-9-7-6-8-15(18)4;1-3-4-2/h10-12H,5-9,13H2,1-4H3;3-4H2,1-2H3. The SMILES string of the molecule is CCCC.CCN1CC(C(=O)C(=C(C)C)C2=C(C)CCCC2)=Cc2ccsc21. The fourth-order valence-electron chi connectivity index (χ4n) is 3.80. The molecule has 2 heterocycles. The zero-order chi connectivity index (χ0) is 20.7. The minimum Gasteiger partial charge on any atom is -0.359 e. The van der Waals surface area contributed by atoms with Crippen molar-refractivity contribution in [3.05, 3.63) is 44.9 Å². The molecular formula is C25H37NOS. The number of rotatable bonds is 5. The number of unbranched alkanes of at least 4 members (excludes halogenated alkanes) is 1. The van der Waals surface area contributed by atoms with E-state index in [1.807, 2.05) is 0 Å². The second-order valence-corrected chi connectivity index (χ2v) is 8.93. The number of fused-ring (bicyclic) bond motifs is 1. The summed E-state index contributed by atoms with van der Waals surface area (Å²) in [4.78, 5) is 15.7. The highest BCUT2D eigenvalue weighted by Crippen LogP contribution is 2.37. The molecule has 0 fully saturated rings. The molecule has 0 saturated carbocycles. The average Bonchev–Trinajstić information content (AvgIpc) is 3.17. The minimum absolute atomic E-state index is 0.238. The molecule has 2 nitrogen and oxygen atoms in total. The van der Waals surface area contributed by atoms with Gasteiger partial charge in [0.25, 0.3) is 0 Å². The summed E-state index contributed by atoms with van der Waals surface area (Å²) in [6.07, 6.45) is 9.39. The van der Waals surface area contributed by atoms with Crippen LogP contribution in [0.5, 0.6) is 0 Å². The number of hydrogen-bond donors (Lipinski definition) is 0. The summed E-state index contributed by atoms with van der Waals surface area (Å²) in [5, 5.41) is 3.41. The number of allylic oxidation sites excluding steroid dienone is 4. The smallest absolute Gasteiger partial charge is 0.191 e. The molecule has 0 N–H and O–H groups in total. The van der Waals surface area contributed by atoms with Gasteiger partial charge in [-0.25, -0.2) is 0 Å². The van der Waals surface area contributed by atoms with Crippen molar-refractivity contribution in [2.24, 2.45) is 0 Å². The van der Waals surface area contributed by atoms with E-state index in [4.69, 9.17) is 0 Å². The molecule has 0 bridgehead atoms. The Morgan fingerprint density at radius 3 is 2.36 bits per heavy atom. The summed E-state index contributed by atoms with van der Waals surface area (Å²) in [6.45, 7) is 14.6. The zero-order valence-electron chi connectivity index (χ0n) is 18.7. The number of Topliss-reactive ketones (excluding diaryl/α,β-unsaturated/α-hetero) is 1. The van der Waals surface area contributed by atoms with Crippen molar-refractivity contribution >= 4 is 28.2 Å². The Morgan fingerprint density at radius 2 is 1.79 bits per heavy atom. The molecule has 1 aliphatic carbocycles. The van der Waals surface area contributed by atoms with Gasteiger partial charge in [0.15, 0.2) is 5.78 Å². The molecule has 0 radical (unpaired) electrons. The second-order valence-electron chi connectivity index (χ2n) is 8.03. The monoisotopic (exact) mass is 399 g/mol. The van der Waals surface area contributed by atoms with Crippen LogP contribution in [-0.2, 0) is 4.79 Å². The van der Waals surface area contributed by atoms with E-state index < -0.39 is 0 Å². The van der Waals surface area contributed by atoms with Gasteiger partial charge in [-0.3, -0.25) is 4.79 Å². The third-order valence-corrected chi connectivity index (χ3v) is 6.59. The van der Waals surface area contributed by atoms with Crippen molar-refractivity contribution in [2.75, 3.05) is 18.0 Å². The highest BCUT2D eigenvalue weighted by Gasteiger charge is 2.27. The van der Waals surface area contributed by atoms with E-state index >= 15 is 0 Å². The molecule has 28 heavy (non-hydrogen) atoms. The van der Waals surface area contributed by atoms with Gasteiger partial charge in [-0.2, -0.15) is 0 Å². The van der Waals surface area contributed by atoms with E-state index in [2.05, 4.69) is 64.0 Å². The second kappa shape index (κ2) is 10.8. The summed E-state index contributed by atoms with van der Waals surface area (Å²) < 4.78 is 0. The summed E-state index contributed by atoms with van der Waals surface area (Å²) in [7, 11) is 0. The van der Waals surface area contributed by atoms with Crippen molar-refractivity contribution < 1.29 is 4.79 Å². The van der Waals surface area contributed by atoms with E-state index in [0.29, 0.717) is 0 Å². The minimum atomic E-state index is 0.238. The lowest BCUT2D eigenvalue weighted by atomic mass is 9.82. The summed E-state index contributed by atoms with van der Waals surface area (Å²) >= 11 is 1.76. The molecule has 1 aliphatic heterocycles. The van der Waals surface area contributed by atoms with Gasteiger partial charge in [0.2, 0.25) is 0 Å². The van der Waals surface area contributed by atoms with Gasteiger partial charge in [-0.1, -0.05) is 37.8 Å². The van der Waals surface area contributed by atoms with Gasteiger partial charge in [-0.05, 0) is 76.5 Å². The largest absolute Gasteiger partial charge is 0.359 e. The molecule has 3 heteroatoms. The molecule has 0 saturated heterocycles. The Bertz CT molecular complexity index is 772. The molecule has 154 valence electrons. The van der Waals surface area contributed by atoms with Gasteiger partial charge in [0.1, 0.15) is 0 Å². The summed E-state index contributed by atoms with van der Waals surface area (Å²) in [6, 6.07) is 2.13. The molecule has 0 unspecified atom stereocenters. The quantitative estimate of drug-likeness (QED) is 0.476. The van der Waals surface area contributed by atoms with Crippen molar-refractivity contribution in [1.82, 2.24) is 0 Å². The predicted octanol–water partition coefficient (Wildman–Crippen LogP) is 7.57. The van der Waals surface area contributed by atoms with Crippen LogP contribution in [0.25, 0.3) is 6.08 Å². The van der Waals surface area contributed by atoms with Crippen molar-refractivity contribution in [2.45, 2.75) is 80.1 Å². The Balaban J connectivity index is 0.000000640. The molecular weight excluding hydrogens is 362 g/mol. The highest BCUT2D eigenvalue weighted by atomic mass is 32.1. The van der Waals surface area contributed by atoms with Crippen molar-refractivity contribution in [3.63, 3.8) is 0 Å². The normalized spacial score (nSPS) is 16.1. The van der Waals surface area contributed by atoms with Crippen LogP contribution in [0.15, 0.2) is 39.3 Å². The summed E-state index contributed by atoms with van der Waals surface area (Å²) in [5.74, 6) is 0.238. The average molecular weight is 400 g/mol. The van der Waals surface area contributed by atoms with Crippen molar-refractivity contribution in [3.8, 4) is 0 Å². The topological polar surface area (TPSA) is 20.3 Å². The van der Waals surface area contributed by atoms with Crippen LogP contribution in [0.2, 0.25) is 0 Å². The first-order chi connectivity index (χ1) is 13.4. The zero-order valence-corrected chi connectivity index (χ0v) is 19.5. The maximum Gasteiger partial charge on any atom is 0.191 e. The van der Waals surface area contributed by atoms with Crippen LogP contribution < -0.4 is 4.90 Å². The lowest BCUT2D eigenvalue weighted by Crippen LogP contribution is -2.30. The fourth-order valence-corrected chi connectivity index (χ4v) is 4.75. The fraction of sp³-hybridized carbons (Fsp3) is 0.560. The first kappa shape index (κ1) is 22.7. The number of carbonyl (C=O) groups excluding carboxylic acids is 1. The predicted molar refractivity (Wildman–Crippen MR) is 125 cm³/mol. The lowest BCUT2D eigenvalue weighted by molar-refractivity contribution is -0.112. The Morgan fingerprint density at radius 1 is 1.11 bits per heavy atom. The first-order valence-corrected chi connectivity index (χ1v) is 11.8. The van der Waals surface area contributed by atoms with E-state index in [-0.39, 0.29) is 5.78 Å². The number of nitrogens with zero attached hydrogens (tertiary/aromatic N) is 1. The van der Waals surface area contributed by atoms with Gasteiger partial charge in [0.05, 0.1) is 5.00 Å². The van der Waals surface area contributed by atoms with Gasteiger partial charge in [-0.15, -0.1) is 11.3 Å². The number of carbonyl (C=O) groups is 1. The molecule has 0 atom stereocenters. The summed E-state index contributed by atoms with van der Waals surface area (Å²) in [5.41, 5.74) is 6.98. The van der Waals surface area contributed by atoms with Crippen molar-refractivity contribution in [1.29, 1.82) is 0 Å². The molecule has 0 aromatic carbocycles. The third-order valence-electron chi connectivity index (χ3n) is 5.60. The highest BCUT2D eigenvalue weighted by molar-refractivity contribution is 7.14. The number of ketones is 1. The Labute approximate surface area is 176 Å². The van der Waals surface area contributed by atoms with Gasteiger partial charge >= 0.3 is 0 Å². The van der Waals surface area contributed by atoms with E-state index in [9.17, 15) is 4.79 Å². The van der Waals surface area contributed by atoms with Crippen LogP contribution in [0.3, 0.4) is 0 Å². The molecule has 1 aromatic rings. The van der Waals surface area contributed by atoms with Crippen LogP contribution in [-0.4, -0.2) is 18.9 Å². The first-order valence-electron chi connectivity index (χ1n) is 10.9. The van der Waals surface area contributed by atoms with Gasteiger partial charge < -0.3 is 4.90 Å². The van der Waals surface area contributed by atoms with E-state index in [1.54, 1.807) is 11.3 Å². The maximum absolute atomic E-state index is 13.4. The molecule has 0 amide bonds. The third kappa shape index (κ3) is 5.26. The number of anilines is 1. The van der Waals surface area contributed by atoms with E-state index in [1.165, 1.54) is 47.4 Å². The lowest BCUT2D eigenvalue weighted by Gasteiger charge is -2.29. The van der Waals surface area contributed by atoms with Crippen LogP contribution in [0.4, 0.5) is 5.00 Å². The van der Waals surface area contributed by atoms with Crippen LogP contribution in [0, 0.1) is 0 Å². The number of hydrogen-bond acceptors (Lipinski definition) is 3. The van der Waals surface area contributed by atoms with Crippen LogP contribution >= 0.6 is 11.3 Å². The van der Waals surface area contributed by atoms with E-state index in [0.717, 1.165) is 42.7 Å². The number of thiophene rings is 1. The molecule has 2 aliphatic rings. The van der Waals surface area contributed by atoms with Gasteiger partial charge in [0, 0.05) is 29.8 Å².